The van der Waals surface area contributed by atoms with Crippen LogP contribution in [0.2, 0.25) is 0 Å². The van der Waals surface area contributed by atoms with Gasteiger partial charge >= 0.3 is 11.8 Å². The number of piperazine rings is 1. The van der Waals surface area contributed by atoms with E-state index in [9.17, 15) is 39.9 Å². The highest BCUT2D eigenvalue weighted by molar-refractivity contribution is 6.23. The summed E-state index contributed by atoms with van der Waals surface area (Å²) >= 11 is 0. The number of phenols is 3. The molecule has 338 valence electrons. The fourth-order valence-electron chi connectivity index (χ4n) is 8.96. The van der Waals surface area contributed by atoms with Crippen LogP contribution >= 0.6 is 0 Å². The van der Waals surface area contributed by atoms with E-state index in [1.54, 1.807) is 39.8 Å². The van der Waals surface area contributed by atoms with Crippen LogP contribution in [0.1, 0.15) is 89.2 Å². The Morgan fingerprint density at radius 1 is 0.935 bits per heavy atom. The second-order valence-corrected chi connectivity index (χ2v) is 17.4. The van der Waals surface area contributed by atoms with Gasteiger partial charge in [0.2, 0.25) is 0 Å². The van der Waals surface area contributed by atoms with Gasteiger partial charge in [-0.3, -0.25) is 24.3 Å². The normalized spacial score (nSPS) is 32.5. The monoisotopic (exact) mass is 862 g/mol. The van der Waals surface area contributed by atoms with Gasteiger partial charge in [-0.2, -0.15) is 5.10 Å². The van der Waals surface area contributed by atoms with Gasteiger partial charge in [-0.05, 0) is 32.8 Å². The molecule has 1 saturated heterocycles. The summed E-state index contributed by atoms with van der Waals surface area (Å²) in [5.41, 5.74) is -0.298. The lowest BCUT2D eigenvalue weighted by atomic mass is 9.78. The number of carbonyl (C=O) groups excluding carboxylic acids is 3. The summed E-state index contributed by atoms with van der Waals surface area (Å²) in [4.78, 5) is 43.1. The van der Waals surface area contributed by atoms with E-state index in [4.69, 9.17) is 18.9 Å². The maximum atomic E-state index is 14.5. The Morgan fingerprint density at radius 2 is 1.61 bits per heavy atom. The molecule has 9 unspecified atom stereocenters. The molecule has 0 spiro atoms. The molecule has 6 N–H and O–H groups in total. The Kier molecular flexibility index (Phi) is 14.0. The van der Waals surface area contributed by atoms with Crippen LogP contribution in [0.3, 0.4) is 0 Å². The Labute approximate surface area is 362 Å². The zero-order chi connectivity index (χ0) is 45.4. The molecule has 2 fully saturated rings. The minimum atomic E-state index is -2.04. The standard InChI is InChI=1S/C46H62N4O12/c1-23-12-10-13-24(2)45(58)48-36-31(22-47-50-19-17-49(18-20-50)30-14-11-15-30)40(55)33-34(41(36)56)39(54)28(6)43-35(33)44(57)46(8,62-43)60-21-16-32(59-9)25(3)42(61-29(7)51)27(5)38(53)26(4)37(23)52/h10,12-13,16,21-23,25-27,30,32,37-38,42,52-56H,11,14-15,17-20H2,1-9H3,(H,48,58)/b12-10+,21-16+,24-13+,47-22+. The number of nitrogens with zero attached hydrogens (tertiary/aromatic N) is 3. The number of rotatable bonds is 5. The van der Waals surface area contributed by atoms with Crippen LogP contribution in [0.4, 0.5) is 5.69 Å². The van der Waals surface area contributed by atoms with Gasteiger partial charge in [-0.15, -0.1) is 0 Å². The minimum Gasteiger partial charge on any atom is -0.507 e. The van der Waals surface area contributed by atoms with Crippen LogP contribution in [-0.2, 0) is 23.8 Å². The first-order valence-electron chi connectivity index (χ1n) is 21.4. The second-order valence-electron chi connectivity index (χ2n) is 17.4. The van der Waals surface area contributed by atoms with Crippen LogP contribution in [0, 0.1) is 30.6 Å². The third kappa shape index (κ3) is 8.87. The molecule has 9 atom stereocenters. The number of esters is 1. The number of ketones is 1. The van der Waals surface area contributed by atoms with Crippen LogP contribution in [0.25, 0.3) is 10.8 Å². The molecule has 2 aromatic rings. The fourth-order valence-corrected chi connectivity index (χ4v) is 8.96. The molecule has 4 heterocycles. The van der Waals surface area contributed by atoms with Crippen molar-refractivity contribution in [3.8, 4) is 23.0 Å². The molecule has 1 saturated carbocycles. The molecule has 2 aromatic carbocycles. The van der Waals surface area contributed by atoms with E-state index < -0.39 is 88.8 Å². The number of hydrogen-bond acceptors (Lipinski definition) is 15. The number of aliphatic hydroxyl groups excluding tert-OH is 2. The van der Waals surface area contributed by atoms with Crippen molar-refractivity contribution in [2.24, 2.45) is 28.8 Å². The summed E-state index contributed by atoms with van der Waals surface area (Å²) in [6.45, 7) is 15.4. The first kappa shape index (κ1) is 46.3. The van der Waals surface area contributed by atoms with Gasteiger partial charge in [0.15, 0.2) is 5.75 Å². The number of carbonyl (C=O) groups is 3. The minimum absolute atomic E-state index is 0.0623. The molecule has 62 heavy (non-hydrogen) atoms. The first-order valence-corrected chi connectivity index (χ1v) is 21.4. The maximum Gasteiger partial charge on any atom is 0.312 e. The summed E-state index contributed by atoms with van der Waals surface area (Å²) in [5, 5.41) is 67.4. The number of Topliss-reactive ketones (excluding diaryl/α,β-unsaturated/α-hetero) is 1. The number of fused-ring (bicyclic) bond motifs is 14. The van der Waals surface area contributed by atoms with E-state index in [1.807, 2.05) is 5.01 Å². The highest BCUT2D eigenvalue weighted by atomic mass is 16.7. The van der Waals surface area contributed by atoms with Crippen molar-refractivity contribution in [2.75, 3.05) is 38.6 Å². The predicted octanol–water partition coefficient (Wildman–Crippen LogP) is 5.26. The summed E-state index contributed by atoms with van der Waals surface area (Å²) < 4.78 is 23.7. The molecule has 5 aliphatic rings. The van der Waals surface area contributed by atoms with E-state index in [2.05, 4.69) is 15.3 Å². The third-order valence-electron chi connectivity index (χ3n) is 13.3. The van der Waals surface area contributed by atoms with Crippen molar-refractivity contribution in [1.29, 1.82) is 0 Å². The summed E-state index contributed by atoms with van der Waals surface area (Å²) in [6.07, 6.45) is 8.52. The van der Waals surface area contributed by atoms with Crippen molar-refractivity contribution in [1.82, 2.24) is 9.91 Å². The molecule has 16 heteroatoms. The molecule has 0 radical (unpaired) electrons. The zero-order valence-corrected chi connectivity index (χ0v) is 37.0. The zero-order valence-electron chi connectivity index (χ0n) is 37.0. The van der Waals surface area contributed by atoms with Gasteiger partial charge in [0.1, 0.15) is 23.4 Å². The smallest absolute Gasteiger partial charge is 0.312 e. The lowest BCUT2D eigenvalue weighted by molar-refractivity contribution is -0.160. The van der Waals surface area contributed by atoms with E-state index in [1.165, 1.54) is 78.7 Å². The van der Waals surface area contributed by atoms with Gasteiger partial charge < -0.3 is 49.8 Å². The molecular weight excluding hydrogens is 801 g/mol. The van der Waals surface area contributed by atoms with Crippen molar-refractivity contribution >= 4 is 40.3 Å². The Hall–Kier alpha value is -5.16. The number of aromatic hydroxyl groups is 3. The van der Waals surface area contributed by atoms with Gasteiger partial charge in [-0.25, -0.2) is 0 Å². The molecule has 7 rings (SSSR count). The van der Waals surface area contributed by atoms with E-state index in [0.29, 0.717) is 19.1 Å². The number of nitrogens with one attached hydrogen (secondary N) is 1. The Bertz CT molecular complexity index is 2170. The fraction of sp³-hybridized carbons (Fsp3) is 0.565. The summed E-state index contributed by atoms with van der Waals surface area (Å²) in [6, 6.07) is 0.572. The number of aliphatic hydroxyl groups is 2. The quantitative estimate of drug-likeness (QED) is 0.0979. The summed E-state index contributed by atoms with van der Waals surface area (Å²) in [5.74, 6) is -8.28. The van der Waals surface area contributed by atoms with Crippen LogP contribution < -0.4 is 10.1 Å². The van der Waals surface area contributed by atoms with E-state index in [-0.39, 0.29) is 44.5 Å². The van der Waals surface area contributed by atoms with Crippen LogP contribution in [-0.4, -0.2) is 129 Å². The van der Waals surface area contributed by atoms with Crippen molar-refractivity contribution in [3.05, 3.63) is 52.8 Å². The lowest BCUT2D eigenvalue weighted by Crippen LogP contribution is -2.50. The van der Waals surface area contributed by atoms with Crippen LogP contribution in [0.5, 0.6) is 23.0 Å². The summed E-state index contributed by atoms with van der Waals surface area (Å²) in [7, 11) is 1.44. The Balaban J connectivity index is 1.48. The molecule has 1 aliphatic carbocycles. The van der Waals surface area contributed by atoms with Gasteiger partial charge in [0.25, 0.3) is 11.7 Å². The van der Waals surface area contributed by atoms with Gasteiger partial charge in [0, 0.05) is 93.4 Å². The average molecular weight is 863 g/mol. The number of hydrazone groups is 1. The SMILES string of the molecule is COC1/C=C/OC2(C)Oc3c(C)c(O)c4c(O)c(c(/C=N/N5CCN(C6CCC6)CC5)c(O)c4c3C2=O)NC(=O)/C(C)=C/C=C/C(C)C(O)C(C)C(O)C(C)C(OC(C)=O)C1C. The number of hydrogen-bond donors (Lipinski definition) is 6. The first-order chi connectivity index (χ1) is 29.3. The molecule has 0 aromatic heterocycles. The average Bonchev–Trinajstić information content (AvgIpc) is 3.48. The van der Waals surface area contributed by atoms with E-state index in [0.717, 1.165) is 13.1 Å². The lowest BCUT2D eigenvalue weighted by Gasteiger charge is -2.42. The number of methoxy groups -OCH3 is 1. The largest absolute Gasteiger partial charge is 0.507 e. The maximum absolute atomic E-state index is 14.5. The second kappa shape index (κ2) is 18.7. The number of ether oxygens (including phenoxy) is 4. The number of benzene rings is 2. The van der Waals surface area contributed by atoms with Crippen molar-refractivity contribution in [3.63, 3.8) is 0 Å². The Morgan fingerprint density at radius 3 is 2.23 bits per heavy atom. The van der Waals surface area contributed by atoms with Crippen LogP contribution in [0.15, 0.2) is 41.2 Å². The third-order valence-corrected chi connectivity index (χ3v) is 13.3. The molecule has 5 bridgehead atoms. The molecule has 4 aliphatic heterocycles. The number of anilines is 1. The number of phenolic OH excluding ortho intramolecular Hbond substituents is 3. The topological polar surface area (TPSA) is 220 Å². The number of amides is 1. The highest BCUT2D eigenvalue weighted by Gasteiger charge is 2.50. The predicted molar refractivity (Wildman–Crippen MR) is 232 cm³/mol. The van der Waals surface area contributed by atoms with Crippen molar-refractivity contribution < 1.29 is 58.9 Å². The number of allylic oxidation sites excluding steroid dienone is 2. The van der Waals surface area contributed by atoms with E-state index >= 15 is 0 Å². The molecule has 16 nitrogen and oxygen atoms in total. The van der Waals surface area contributed by atoms with Gasteiger partial charge in [-0.1, -0.05) is 52.3 Å². The molecular formula is C46H62N4O12. The van der Waals surface area contributed by atoms with Crippen molar-refractivity contribution in [2.45, 2.75) is 111 Å². The highest BCUT2D eigenvalue weighted by Crippen LogP contribution is 2.55. The van der Waals surface area contributed by atoms with Gasteiger partial charge in [0.05, 0.1) is 53.0 Å². The molecule has 1 amide bonds.